The lowest BCUT2D eigenvalue weighted by Gasteiger charge is -2.11. The van der Waals surface area contributed by atoms with Gasteiger partial charge in [-0.25, -0.2) is 15.0 Å². The summed E-state index contributed by atoms with van der Waals surface area (Å²) in [4.78, 5) is 19.8. The third-order valence-corrected chi connectivity index (χ3v) is 9.17. The lowest BCUT2D eigenvalue weighted by atomic mass is 9.96. The summed E-state index contributed by atoms with van der Waals surface area (Å²) in [5.41, 5.74) is 4.14. The Labute approximate surface area is 268 Å². The third kappa shape index (κ3) is 4.10. The second-order valence-electron chi connectivity index (χ2n) is 11.9. The van der Waals surface area contributed by atoms with Crippen LogP contribution in [0.1, 0.15) is 0 Å². The fourth-order valence-electron chi connectivity index (χ4n) is 6.90. The van der Waals surface area contributed by atoms with E-state index >= 15 is 0 Å². The zero-order valence-corrected chi connectivity index (χ0v) is 25.1. The molecule has 0 saturated heterocycles. The van der Waals surface area contributed by atoms with Gasteiger partial charge in [0.05, 0.1) is 6.20 Å². The molecule has 0 atom stereocenters. The third-order valence-electron chi connectivity index (χ3n) is 9.17. The number of benzene rings is 7. The highest BCUT2D eigenvalue weighted by Crippen LogP contribution is 2.37. The molecule has 0 aliphatic heterocycles. The Bertz CT molecular complexity index is 2870. The normalized spacial score (nSPS) is 11.8. The number of para-hydroxylation sites is 1. The van der Waals surface area contributed by atoms with Crippen LogP contribution in [0.2, 0.25) is 0 Å². The van der Waals surface area contributed by atoms with Crippen LogP contribution in [0.15, 0.2) is 150 Å². The highest BCUT2D eigenvalue weighted by atomic mass is 16.3. The SMILES string of the molecule is c1ccc2cc(-c3nc(-c4ccc5c(ccc6c7ccccc7ccc56)c4)nc(-c4cncc5oc6ccccc6c45)n3)ccc2c1. The number of hydrogen-bond donors (Lipinski definition) is 0. The molecule has 5 nitrogen and oxygen atoms in total. The van der Waals surface area contributed by atoms with Crippen LogP contribution in [0.3, 0.4) is 0 Å². The van der Waals surface area contributed by atoms with Crippen LogP contribution in [0.4, 0.5) is 0 Å². The largest absolute Gasteiger partial charge is 0.454 e. The highest BCUT2D eigenvalue weighted by Gasteiger charge is 2.19. The van der Waals surface area contributed by atoms with E-state index in [-0.39, 0.29) is 0 Å². The maximum Gasteiger partial charge on any atom is 0.166 e. The van der Waals surface area contributed by atoms with Gasteiger partial charge in [-0.1, -0.05) is 115 Å². The average Bonchev–Trinajstić information content (AvgIpc) is 3.53. The molecule has 0 saturated carbocycles. The quantitative estimate of drug-likeness (QED) is 0.189. The molecule has 0 N–H and O–H groups in total. The first-order valence-electron chi connectivity index (χ1n) is 15.6. The molecule has 0 radical (unpaired) electrons. The predicted octanol–water partition coefficient (Wildman–Crippen LogP) is 10.8. The molecule has 0 aliphatic rings. The van der Waals surface area contributed by atoms with E-state index in [0.29, 0.717) is 23.1 Å². The zero-order valence-electron chi connectivity index (χ0n) is 25.1. The molecule has 47 heavy (non-hydrogen) atoms. The van der Waals surface area contributed by atoms with Crippen molar-refractivity contribution in [3.8, 4) is 34.2 Å². The lowest BCUT2D eigenvalue weighted by Crippen LogP contribution is -2.01. The molecule has 10 rings (SSSR count). The molecular weight excluding hydrogens is 576 g/mol. The standard InChI is InChI=1S/C42H24N4O/c1-2-9-27-21-29(14-13-25(27)7-1)40-44-41(46-42(45-40)36-23-43-24-38-39(36)35-11-5-6-12-37(35)47-38)30-17-18-32-28(22-30)16-20-33-31-10-4-3-8-26(31)15-19-34(32)33/h1-24H. The van der Waals surface area contributed by atoms with Crippen LogP contribution in [-0.2, 0) is 0 Å². The maximum atomic E-state index is 6.17. The van der Waals surface area contributed by atoms with Crippen LogP contribution in [0, 0.1) is 0 Å². The van der Waals surface area contributed by atoms with Crippen molar-refractivity contribution in [3.05, 3.63) is 146 Å². The van der Waals surface area contributed by atoms with Gasteiger partial charge >= 0.3 is 0 Å². The number of fused-ring (bicyclic) bond motifs is 9. The number of furan rings is 1. The first kappa shape index (κ1) is 25.8. The van der Waals surface area contributed by atoms with Crippen LogP contribution < -0.4 is 0 Å². The molecule has 0 fully saturated rings. The van der Waals surface area contributed by atoms with Gasteiger partial charge in [0.15, 0.2) is 23.1 Å². The van der Waals surface area contributed by atoms with Gasteiger partial charge < -0.3 is 4.42 Å². The number of pyridine rings is 1. The monoisotopic (exact) mass is 600 g/mol. The van der Waals surface area contributed by atoms with Crippen molar-refractivity contribution in [2.45, 2.75) is 0 Å². The molecule has 3 aromatic heterocycles. The molecular formula is C42H24N4O. The van der Waals surface area contributed by atoms with Crippen molar-refractivity contribution in [2.24, 2.45) is 0 Å². The van der Waals surface area contributed by atoms with Gasteiger partial charge in [0.2, 0.25) is 0 Å². The summed E-state index contributed by atoms with van der Waals surface area (Å²) < 4.78 is 6.17. The van der Waals surface area contributed by atoms with E-state index in [9.17, 15) is 0 Å². The van der Waals surface area contributed by atoms with Crippen molar-refractivity contribution >= 4 is 65.0 Å². The minimum absolute atomic E-state index is 0.549. The molecule has 0 amide bonds. The summed E-state index contributed by atoms with van der Waals surface area (Å²) in [6.45, 7) is 0. The van der Waals surface area contributed by atoms with Gasteiger partial charge in [-0.15, -0.1) is 0 Å². The molecule has 7 aromatic carbocycles. The molecule has 0 aliphatic carbocycles. The Morgan fingerprint density at radius 3 is 1.79 bits per heavy atom. The summed E-state index contributed by atoms with van der Waals surface area (Å²) in [6.07, 6.45) is 3.58. The fourth-order valence-corrected chi connectivity index (χ4v) is 6.90. The summed E-state index contributed by atoms with van der Waals surface area (Å²) in [6, 6.07) is 46.6. The van der Waals surface area contributed by atoms with Crippen molar-refractivity contribution in [3.63, 3.8) is 0 Å². The van der Waals surface area contributed by atoms with Crippen molar-refractivity contribution in [1.82, 2.24) is 19.9 Å². The number of rotatable bonds is 3. The first-order chi connectivity index (χ1) is 23.3. The summed E-state index contributed by atoms with van der Waals surface area (Å²) >= 11 is 0. The van der Waals surface area contributed by atoms with E-state index in [1.807, 2.05) is 30.5 Å². The molecule has 10 aromatic rings. The van der Waals surface area contributed by atoms with Crippen LogP contribution in [-0.4, -0.2) is 19.9 Å². The maximum absolute atomic E-state index is 6.17. The van der Waals surface area contributed by atoms with Crippen molar-refractivity contribution in [1.29, 1.82) is 0 Å². The van der Waals surface area contributed by atoms with Gasteiger partial charge in [0.25, 0.3) is 0 Å². The zero-order chi connectivity index (χ0) is 30.9. The van der Waals surface area contributed by atoms with Crippen LogP contribution in [0.25, 0.3) is 99.2 Å². The van der Waals surface area contributed by atoms with E-state index in [4.69, 9.17) is 19.4 Å². The van der Waals surface area contributed by atoms with Crippen LogP contribution in [0.5, 0.6) is 0 Å². The van der Waals surface area contributed by atoms with Gasteiger partial charge in [-0.05, 0) is 61.3 Å². The van der Waals surface area contributed by atoms with E-state index in [1.54, 1.807) is 6.20 Å². The molecule has 218 valence electrons. The van der Waals surface area contributed by atoms with E-state index in [1.165, 1.54) is 32.3 Å². The Balaban J connectivity index is 1.21. The first-order valence-corrected chi connectivity index (χ1v) is 15.6. The average molecular weight is 601 g/mol. The number of nitrogens with zero attached hydrogens (tertiary/aromatic N) is 4. The Kier molecular flexibility index (Phi) is 5.51. The highest BCUT2D eigenvalue weighted by molar-refractivity contribution is 6.17. The van der Waals surface area contributed by atoms with E-state index in [2.05, 4.69) is 114 Å². The van der Waals surface area contributed by atoms with Gasteiger partial charge in [0.1, 0.15) is 5.58 Å². The Hall–Kier alpha value is -6.46. The summed E-state index contributed by atoms with van der Waals surface area (Å²) in [7, 11) is 0. The second-order valence-corrected chi connectivity index (χ2v) is 11.9. The summed E-state index contributed by atoms with van der Waals surface area (Å²) in [5, 5.41) is 11.5. The molecule has 0 unspecified atom stereocenters. The topological polar surface area (TPSA) is 64.7 Å². The van der Waals surface area contributed by atoms with Crippen molar-refractivity contribution < 1.29 is 4.42 Å². The number of hydrogen-bond acceptors (Lipinski definition) is 5. The molecule has 0 spiro atoms. The van der Waals surface area contributed by atoms with E-state index < -0.39 is 0 Å². The van der Waals surface area contributed by atoms with E-state index in [0.717, 1.165) is 43.8 Å². The lowest BCUT2D eigenvalue weighted by molar-refractivity contribution is 0.667. The molecule has 3 heterocycles. The fraction of sp³-hybridized carbons (Fsp3) is 0. The molecule has 5 heteroatoms. The minimum atomic E-state index is 0.549. The minimum Gasteiger partial charge on any atom is -0.454 e. The van der Waals surface area contributed by atoms with Crippen molar-refractivity contribution in [2.75, 3.05) is 0 Å². The van der Waals surface area contributed by atoms with Crippen LogP contribution >= 0.6 is 0 Å². The van der Waals surface area contributed by atoms with Gasteiger partial charge in [-0.2, -0.15) is 0 Å². The summed E-state index contributed by atoms with van der Waals surface area (Å²) in [5.74, 6) is 1.75. The second kappa shape index (κ2) is 10.0. The predicted molar refractivity (Wildman–Crippen MR) is 191 cm³/mol. The van der Waals surface area contributed by atoms with Gasteiger partial charge in [0, 0.05) is 33.7 Å². The Morgan fingerprint density at radius 2 is 0.957 bits per heavy atom. The van der Waals surface area contributed by atoms with Gasteiger partial charge in [-0.3, -0.25) is 4.98 Å². The number of aromatic nitrogens is 4. The Morgan fingerprint density at radius 1 is 0.383 bits per heavy atom. The molecule has 0 bridgehead atoms. The smallest absolute Gasteiger partial charge is 0.166 e.